The second-order valence-corrected chi connectivity index (χ2v) is 4.44. The number of halogens is 3. The van der Waals surface area contributed by atoms with E-state index in [1.54, 1.807) is 0 Å². The molecule has 0 fully saturated rings. The van der Waals surface area contributed by atoms with E-state index < -0.39 is 29.1 Å². The lowest BCUT2D eigenvalue weighted by Gasteiger charge is -2.12. The Morgan fingerprint density at radius 2 is 1.55 bits per heavy atom. The van der Waals surface area contributed by atoms with Crippen LogP contribution in [0.3, 0.4) is 0 Å². The van der Waals surface area contributed by atoms with E-state index in [2.05, 4.69) is 5.32 Å². The average Bonchev–Trinajstić information content (AvgIpc) is 2.47. The molecule has 7 heteroatoms. The van der Waals surface area contributed by atoms with Crippen molar-refractivity contribution < 1.29 is 22.8 Å². The van der Waals surface area contributed by atoms with Crippen LogP contribution >= 0.6 is 0 Å². The molecule has 0 aliphatic carbocycles. The number of hydrogen-bond acceptors (Lipinski definition) is 2. The summed E-state index contributed by atoms with van der Waals surface area (Å²) in [6.07, 6.45) is -4.62. The molecule has 0 heterocycles. The van der Waals surface area contributed by atoms with Crippen LogP contribution in [0.4, 0.5) is 18.9 Å². The molecular formula is C15H11F3N2O2. The number of carbonyl (C=O) groups excluding carboxylic acids is 2. The van der Waals surface area contributed by atoms with Gasteiger partial charge in [0.1, 0.15) is 0 Å². The van der Waals surface area contributed by atoms with Gasteiger partial charge in [0.2, 0.25) is 5.91 Å². The van der Waals surface area contributed by atoms with Crippen LogP contribution in [0.15, 0.2) is 48.5 Å². The summed E-state index contributed by atoms with van der Waals surface area (Å²) in [5.41, 5.74) is 4.07. The number of carbonyl (C=O) groups is 2. The predicted molar refractivity (Wildman–Crippen MR) is 74.4 cm³/mol. The highest BCUT2D eigenvalue weighted by molar-refractivity contribution is 6.05. The average molecular weight is 308 g/mol. The molecule has 0 unspecified atom stereocenters. The zero-order valence-corrected chi connectivity index (χ0v) is 11.1. The first-order valence-electron chi connectivity index (χ1n) is 6.16. The Bertz CT molecular complexity index is 709. The summed E-state index contributed by atoms with van der Waals surface area (Å²) in [6.45, 7) is 0. The van der Waals surface area contributed by atoms with Crippen LogP contribution in [-0.2, 0) is 6.18 Å². The van der Waals surface area contributed by atoms with Crippen molar-refractivity contribution in [2.45, 2.75) is 6.18 Å². The molecule has 4 nitrogen and oxygen atoms in total. The third kappa shape index (κ3) is 3.43. The third-order valence-corrected chi connectivity index (χ3v) is 2.90. The van der Waals surface area contributed by atoms with Crippen molar-refractivity contribution in [1.29, 1.82) is 0 Å². The van der Waals surface area contributed by atoms with Crippen LogP contribution in [0.2, 0.25) is 0 Å². The van der Waals surface area contributed by atoms with Crippen LogP contribution in [0, 0.1) is 0 Å². The minimum absolute atomic E-state index is 0.230. The Morgan fingerprint density at radius 1 is 0.955 bits per heavy atom. The zero-order chi connectivity index (χ0) is 16.3. The van der Waals surface area contributed by atoms with E-state index in [1.807, 2.05) is 0 Å². The van der Waals surface area contributed by atoms with Gasteiger partial charge in [0.15, 0.2) is 0 Å². The molecule has 2 amide bonds. The van der Waals surface area contributed by atoms with Crippen molar-refractivity contribution in [2.24, 2.45) is 5.73 Å². The normalized spacial score (nSPS) is 11.0. The second kappa shape index (κ2) is 5.88. The summed E-state index contributed by atoms with van der Waals surface area (Å²) in [6, 6.07) is 9.99. The molecule has 0 bridgehead atoms. The van der Waals surface area contributed by atoms with E-state index in [1.165, 1.54) is 36.4 Å². The van der Waals surface area contributed by atoms with Gasteiger partial charge >= 0.3 is 6.18 Å². The summed E-state index contributed by atoms with van der Waals surface area (Å²) in [7, 11) is 0. The number of amides is 2. The van der Waals surface area contributed by atoms with Gasteiger partial charge in [-0.3, -0.25) is 9.59 Å². The Labute approximate surface area is 123 Å². The largest absolute Gasteiger partial charge is 0.417 e. The lowest BCUT2D eigenvalue weighted by molar-refractivity contribution is -0.137. The van der Waals surface area contributed by atoms with Crippen LogP contribution < -0.4 is 11.1 Å². The monoisotopic (exact) mass is 308 g/mol. The minimum Gasteiger partial charge on any atom is -0.366 e. The van der Waals surface area contributed by atoms with Gasteiger partial charge in [-0.25, -0.2) is 0 Å². The maximum atomic E-state index is 12.9. The van der Waals surface area contributed by atoms with Gasteiger partial charge in [-0.05, 0) is 36.4 Å². The predicted octanol–water partition coefficient (Wildman–Crippen LogP) is 3.06. The molecule has 0 aliphatic rings. The number of hydrogen-bond donors (Lipinski definition) is 2. The van der Waals surface area contributed by atoms with Crippen molar-refractivity contribution in [3.63, 3.8) is 0 Å². The molecule has 2 aromatic rings. The fraction of sp³-hybridized carbons (Fsp3) is 0.0667. The molecule has 2 rings (SSSR count). The van der Waals surface area contributed by atoms with Crippen molar-refractivity contribution in [1.82, 2.24) is 0 Å². The van der Waals surface area contributed by atoms with Gasteiger partial charge < -0.3 is 11.1 Å². The van der Waals surface area contributed by atoms with Gasteiger partial charge in [0, 0.05) is 11.3 Å². The fourth-order valence-corrected chi connectivity index (χ4v) is 1.84. The number of anilines is 1. The van der Waals surface area contributed by atoms with Gasteiger partial charge in [-0.15, -0.1) is 0 Å². The Balaban J connectivity index is 2.25. The molecule has 0 saturated carbocycles. The molecule has 114 valence electrons. The van der Waals surface area contributed by atoms with Crippen molar-refractivity contribution >= 4 is 17.5 Å². The second-order valence-electron chi connectivity index (χ2n) is 4.44. The molecule has 0 aliphatic heterocycles. The summed E-state index contributed by atoms with van der Waals surface area (Å²) in [5, 5.41) is 2.35. The molecular weight excluding hydrogens is 297 g/mol. The first-order chi connectivity index (χ1) is 10.3. The molecule has 22 heavy (non-hydrogen) atoms. The summed E-state index contributed by atoms with van der Waals surface area (Å²) >= 11 is 0. The van der Waals surface area contributed by atoms with Crippen molar-refractivity contribution in [3.8, 4) is 0 Å². The summed E-state index contributed by atoms with van der Waals surface area (Å²) in [5.74, 6) is -1.53. The lowest BCUT2D eigenvalue weighted by Crippen LogP contribution is -2.18. The molecule has 0 radical (unpaired) electrons. The highest BCUT2D eigenvalue weighted by Gasteiger charge is 2.34. The zero-order valence-electron chi connectivity index (χ0n) is 11.1. The van der Waals surface area contributed by atoms with Crippen molar-refractivity contribution in [3.05, 3.63) is 65.2 Å². The number of rotatable bonds is 3. The molecule has 3 N–H and O–H groups in total. The van der Waals surface area contributed by atoms with E-state index >= 15 is 0 Å². The van der Waals surface area contributed by atoms with E-state index in [0.717, 1.165) is 12.1 Å². The van der Waals surface area contributed by atoms with E-state index in [-0.39, 0.29) is 11.3 Å². The topological polar surface area (TPSA) is 72.2 Å². The first kappa shape index (κ1) is 15.6. The molecule has 0 aromatic heterocycles. The number of benzene rings is 2. The molecule has 0 spiro atoms. The smallest absolute Gasteiger partial charge is 0.366 e. The Kier molecular flexibility index (Phi) is 4.16. The van der Waals surface area contributed by atoms with Crippen LogP contribution in [0.5, 0.6) is 0 Å². The number of nitrogens with two attached hydrogens (primary N) is 1. The Morgan fingerprint density at radius 3 is 2.09 bits per heavy atom. The van der Waals surface area contributed by atoms with E-state index in [0.29, 0.717) is 0 Å². The maximum absolute atomic E-state index is 12.9. The van der Waals surface area contributed by atoms with Crippen LogP contribution in [-0.4, -0.2) is 11.8 Å². The SMILES string of the molecule is NC(=O)c1ccc(NC(=O)c2ccccc2C(F)(F)F)cc1. The molecule has 2 aromatic carbocycles. The highest BCUT2D eigenvalue weighted by Crippen LogP contribution is 2.32. The van der Waals surface area contributed by atoms with Gasteiger partial charge in [-0.1, -0.05) is 12.1 Å². The van der Waals surface area contributed by atoms with Crippen molar-refractivity contribution in [2.75, 3.05) is 5.32 Å². The van der Waals surface area contributed by atoms with Gasteiger partial charge in [0.05, 0.1) is 11.1 Å². The lowest BCUT2D eigenvalue weighted by atomic mass is 10.1. The highest BCUT2D eigenvalue weighted by atomic mass is 19.4. The van der Waals surface area contributed by atoms with E-state index in [9.17, 15) is 22.8 Å². The number of primary amides is 1. The van der Waals surface area contributed by atoms with Gasteiger partial charge in [-0.2, -0.15) is 13.2 Å². The number of alkyl halides is 3. The molecule has 0 atom stereocenters. The Hall–Kier alpha value is -2.83. The molecule has 0 saturated heterocycles. The van der Waals surface area contributed by atoms with Crippen LogP contribution in [0.1, 0.15) is 26.3 Å². The third-order valence-electron chi connectivity index (χ3n) is 2.90. The fourth-order valence-electron chi connectivity index (χ4n) is 1.84. The summed E-state index contributed by atoms with van der Waals surface area (Å²) in [4.78, 5) is 22.9. The van der Waals surface area contributed by atoms with Gasteiger partial charge in [0.25, 0.3) is 5.91 Å². The first-order valence-corrected chi connectivity index (χ1v) is 6.16. The number of nitrogens with one attached hydrogen (secondary N) is 1. The van der Waals surface area contributed by atoms with Crippen LogP contribution in [0.25, 0.3) is 0 Å². The maximum Gasteiger partial charge on any atom is 0.417 e. The quantitative estimate of drug-likeness (QED) is 0.914. The minimum atomic E-state index is -4.62. The summed E-state index contributed by atoms with van der Waals surface area (Å²) < 4.78 is 38.6. The standard InChI is InChI=1S/C15H11F3N2O2/c16-15(17,18)12-4-2-1-3-11(12)14(22)20-10-7-5-9(6-8-10)13(19)21/h1-8H,(H2,19,21)(H,20,22). The van der Waals surface area contributed by atoms with E-state index in [4.69, 9.17) is 5.73 Å².